The molecule has 0 aliphatic heterocycles. The van der Waals surface area contributed by atoms with Crippen LogP contribution >= 0.6 is 46.1 Å². The van der Waals surface area contributed by atoms with Gasteiger partial charge in [0, 0.05) is 41.6 Å². The first-order valence-electron chi connectivity index (χ1n) is 26.1. The number of rotatable bonds is 10. The number of hydrogen-bond donors (Lipinski definition) is 0. The van der Waals surface area contributed by atoms with Gasteiger partial charge in [-0.2, -0.15) is 38.5 Å². The highest BCUT2D eigenvalue weighted by Gasteiger charge is 2.53. The van der Waals surface area contributed by atoms with E-state index in [0.717, 1.165) is 110 Å². The maximum Gasteiger partial charge on any atom is 0.130 e. The molecule has 4 heterocycles. The molecule has 384 valence electrons. The van der Waals surface area contributed by atoms with Crippen molar-refractivity contribution in [2.75, 3.05) is 0 Å². The van der Waals surface area contributed by atoms with Crippen molar-refractivity contribution in [1.82, 2.24) is 17.5 Å². The van der Waals surface area contributed by atoms with E-state index in [2.05, 4.69) is 172 Å². The molecule has 0 saturated heterocycles. The first-order valence-corrected chi connectivity index (χ1v) is 29.2. The second-order valence-electron chi connectivity index (χ2n) is 20.8. The Kier molecular flexibility index (Phi) is 12.4. The lowest BCUT2D eigenvalue weighted by atomic mass is 9.65. The number of aryl methyl sites for hydroxylation is 3. The molecule has 12 heteroatoms. The minimum Gasteiger partial charge on any atom is -0.192 e. The molecule has 0 bridgehead atoms. The van der Waals surface area contributed by atoms with Crippen LogP contribution in [0.15, 0.2) is 181 Å². The van der Waals surface area contributed by atoms with Crippen LogP contribution in [0.1, 0.15) is 80.6 Å². The van der Waals surface area contributed by atoms with Crippen molar-refractivity contribution in [2.45, 2.75) is 45.4 Å². The fourth-order valence-corrected chi connectivity index (χ4v) is 15.8. The highest BCUT2D eigenvalue weighted by atomic mass is 32.1. The summed E-state index contributed by atoms with van der Waals surface area (Å²) in [7, 11) is 0. The van der Waals surface area contributed by atoms with Crippen molar-refractivity contribution in [3.63, 3.8) is 0 Å². The average molecular weight is 1110 g/mol. The lowest BCUT2D eigenvalue weighted by molar-refractivity contribution is 0.757. The quantitative estimate of drug-likeness (QED) is 0.0971. The molecule has 8 nitrogen and oxygen atoms in total. The summed E-state index contributed by atoms with van der Waals surface area (Å²) in [5.41, 5.74) is 21.7. The van der Waals surface area contributed by atoms with Gasteiger partial charge in [0.25, 0.3) is 0 Å². The van der Waals surface area contributed by atoms with Gasteiger partial charge in [-0.1, -0.05) is 144 Å². The Hall–Kier alpha value is -9.50. The van der Waals surface area contributed by atoms with Gasteiger partial charge < -0.3 is 0 Å². The van der Waals surface area contributed by atoms with E-state index in [0.29, 0.717) is 22.2 Å². The summed E-state index contributed by atoms with van der Waals surface area (Å²) < 4.78 is 20.1. The third-order valence-corrected chi connectivity index (χ3v) is 19.3. The van der Waals surface area contributed by atoms with Gasteiger partial charge in [-0.15, -0.1) is 22.7 Å². The predicted octanol–water partition coefficient (Wildman–Crippen LogP) is 17.8. The molecule has 0 N–H and O–H groups in total. The monoisotopic (exact) mass is 1110 g/mol. The molecular weight excluding hydrogens is 1070 g/mol. The van der Waals surface area contributed by atoms with E-state index in [1.54, 1.807) is 34.8 Å². The van der Waals surface area contributed by atoms with Crippen molar-refractivity contribution in [1.29, 1.82) is 21.0 Å². The standard InChI is InChI=1S/C69H44N8S4/c1-7-47(17-8-38(2)3)68(48-18-9-39(4)10-19-48)56-31-55-57(30-54(56)53-28-46-29-61(78-60(46)32-58(53)68)51-24-15-44(26-42(34-70)35-71)63-65(51)76-80-74-63)69(49-20-11-40(5)12-21-49,50-22-13-41(6)14-23-50)59-33-62(79-67(55)59)52-25-16-45(27-43(36-72)37-73)64-66(52)77-81-75-64/h7-33H,2H2,1,3-6H3/b17-8-,47-7+. The van der Waals surface area contributed by atoms with Crippen molar-refractivity contribution < 1.29 is 0 Å². The molecule has 0 fully saturated rings. The number of nitriles is 4. The van der Waals surface area contributed by atoms with Crippen LogP contribution in [-0.4, -0.2) is 17.5 Å². The van der Waals surface area contributed by atoms with E-state index in [1.807, 2.05) is 49.4 Å². The normalized spacial score (nSPS) is 14.7. The van der Waals surface area contributed by atoms with Gasteiger partial charge in [-0.3, -0.25) is 0 Å². The molecule has 13 rings (SSSR count). The highest BCUT2D eigenvalue weighted by molar-refractivity contribution is 7.22. The van der Waals surface area contributed by atoms with Gasteiger partial charge in [0.15, 0.2) is 0 Å². The van der Waals surface area contributed by atoms with Crippen LogP contribution < -0.4 is 0 Å². The molecule has 7 aromatic carbocycles. The number of nitrogens with zero attached hydrogens (tertiary/aromatic N) is 8. The van der Waals surface area contributed by atoms with Gasteiger partial charge in [0.2, 0.25) is 0 Å². The van der Waals surface area contributed by atoms with Crippen LogP contribution in [-0.2, 0) is 10.8 Å². The number of hydrogen-bond acceptors (Lipinski definition) is 12. The summed E-state index contributed by atoms with van der Waals surface area (Å²) in [5, 5.41) is 39.8. The Morgan fingerprint density at radius 3 is 1.49 bits per heavy atom. The second-order valence-corrected chi connectivity index (χ2v) is 23.9. The molecule has 4 aromatic heterocycles. The van der Waals surface area contributed by atoms with Gasteiger partial charge in [-0.25, -0.2) is 0 Å². The molecular formula is C69H44N8S4. The summed E-state index contributed by atoms with van der Waals surface area (Å²) in [4.78, 5) is 3.24. The molecule has 11 aromatic rings. The van der Waals surface area contributed by atoms with Crippen LogP contribution in [0, 0.1) is 66.1 Å². The van der Waals surface area contributed by atoms with E-state index >= 15 is 0 Å². The van der Waals surface area contributed by atoms with Crippen LogP contribution in [0.25, 0.3) is 86.8 Å². The number of benzene rings is 7. The molecule has 0 saturated carbocycles. The maximum absolute atomic E-state index is 9.71. The van der Waals surface area contributed by atoms with Crippen LogP contribution in [0.5, 0.6) is 0 Å². The van der Waals surface area contributed by atoms with Crippen molar-refractivity contribution >= 4 is 90.4 Å². The number of aromatic nitrogens is 4. The van der Waals surface area contributed by atoms with E-state index in [4.69, 9.17) is 13.1 Å². The van der Waals surface area contributed by atoms with E-state index < -0.39 is 10.8 Å². The third kappa shape index (κ3) is 7.83. The Bertz CT molecular complexity index is 4740. The van der Waals surface area contributed by atoms with Crippen molar-refractivity contribution in [3.8, 4) is 66.7 Å². The summed E-state index contributed by atoms with van der Waals surface area (Å²) >= 11 is 5.73. The fraction of sp³-hybridized carbons (Fsp3) is 0.101. The van der Waals surface area contributed by atoms with Crippen molar-refractivity contribution in [2.24, 2.45) is 0 Å². The molecule has 1 unspecified atom stereocenters. The molecule has 0 spiro atoms. The zero-order valence-corrected chi connectivity index (χ0v) is 47.8. The largest absolute Gasteiger partial charge is 0.192 e. The van der Waals surface area contributed by atoms with Crippen LogP contribution in [0.3, 0.4) is 0 Å². The van der Waals surface area contributed by atoms with E-state index in [1.165, 1.54) is 43.8 Å². The Morgan fingerprint density at radius 1 is 0.494 bits per heavy atom. The summed E-state index contributed by atoms with van der Waals surface area (Å²) in [6.07, 6.45) is 9.81. The molecule has 2 aliphatic rings. The topological polar surface area (TPSA) is 147 Å². The van der Waals surface area contributed by atoms with Crippen LogP contribution in [0.2, 0.25) is 0 Å². The number of allylic oxidation sites excluding steroid dienone is 7. The first-order chi connectivity index (χ1) is 39.4. The van der Waals surface area contributed by atoms with Crippen molar-refractivity contribution in [3.05, 3.63) is 247 Å². The number of fused-ring (bicyclic) bond motifs is 9. The van der Waals surface area contributed by atoms with Gasteiger partial charge >= 0.3 is 0 Å². The molecule has 81 heavy (non-hydrogen) atoms. The molecule has 0 amide bonds. The highest BCUT2D eigenvalue weighted by Crippen LogP contribution is 2.65. The smallest absolute Gasteiger partial charge is 0.130 e. The summed E-state index contributed by atoms with van der Waals surface area (Å²) in [6.45, 7) is 14.9. The minimum absolute atomic E-state index is 0.00235. The van der Waals surface area contributed by atoms with E-state index in [9.17, 15) is 21.0 Å². The Labute approximate surface area is 485 Å². The second kappa shape index (κ2) is 19.7. The minimum atomic E-state index is -0.793. The molecule has 2 aliphatic carbocycles. The third-order valence-electron chi connectivity index (χ3n) is 15.9. The summed E-state index contributed by atoms with van der Waals surface area (Å²) in [6, 6.07) is 57.6. The maximum atomic E-state index is 9.71. The predicted molar refractivity (Wildman–Crippen MR) is 332 cm³/mol. The fourth-order valence-electron chi connectivity index (χ4n) is 12.2. The Morgan fingerprint density at radius 2 is 0.975 bits per heavy atom. The van der Waals surface area contributed by atoms with Gasteiger partial charge in [0.05, 0.1) is 34.3 Å². The first kappa shape index (κ1) is 51.0. The molecule has 1 atom stereocenters. The molecule has 0 radical (unpaired) electrons. The zero-order chi connectivity index (χ0) is 55.9. The SMILES string of the molecule is C=C(C)/C=C\C(=C/C)C1(c2ccc(C)cc2)c2cc3c(cc2-c2cc4cc(-c5ccc(C=C(C#N)C#N)c6nsnc56)sc4cc21)C(c1ccc(C)cc1)(c1ccc(C)cc1)c1cc(-c2ccc(C=C(C#N)C#N)c4nsnc24)sc1-3. The zero-order valence-electron chi connectivity index (χ0n) is 44.5. The van der Waals surface area contributed by atoms with Gasteiger partial charge in [0.1, 0.15) is 57.5 Å². The summed E-state index contributed by atoms with van der Waals surface area (Å²) in [5.74, 6) is 0. The lowest BCUT2D eigenvalue weighted by Gasteiger charge is -2.36. The van der Waals surface area contributed by atoms with Crippen LogP contribution in [0.4, 0.5) is 0 Å². The van der Waals surface area contributed by atoms with E-state index in [-0.39, 0.29) is 11.1 Å². The average Bonchev–Trinajstić information content (AvgIpc) is 1.99. The Balaban J connectivity index is 1.13. The lowest BCUT2D eigenvalue weighted by Crippen LogP contribution is -2.30. The van der Waals surface area contributed by atoms with Gasteiger partial charge in [-0.05, 0) is 150 Å². The number of thiophene rings is 2.